The predicted octanol–water partition coefficient (Wildman–Crippen LogP) is 4.01. The van der Waals surface area contributed by atoms with Gasteiger partial charge in [-0.05, 0) is 30.2 Å². The number of anilines is 4. The molecule has 3 heterocycles. The molecular formula is C27H23N7O2. The molecule has 36 heavy (non-hydrogen) atoms. The van der Waals surface area contributed by atoms with Gasteiger partial charge in [0, 0.05) is 29.7 Å². The number of fused-ring (bicyclic) bond motifs is 3. The van der Waals surface area contributed by atoms with E-state index in [1.54, 1.807) is 6.20 Å². The molecule has 0 saturated carbocycles. The fourth-order valence-corrected chi connectivity index (χ4v) is 4.13. The lowest BCUT2D eigenvalue weighted by molar-refractivity contribution is -0.137. The van der Waals surface area contributed by atoms with Gasteiger partial charge in [0.1, 0.15) is 0 Å². The van der Waals surface area contributed by atoms with Gasteiger partial charge >= 0.3 is 5.97 Å². The number of hydrogen-bond donors (Lipinski definition) is 3. The van der Waals surface area contributed by atoms with E-state index in [-0.39, 0.29) is 18.2 Å². The fraction of sp³-hybridized carbons (Fsp3) is 0.148. The SMILES string of the molecule is Nc1nc(N)c2nc(CN3c4ccccc4C=Cc4c(C#CCCCC(=O)O)cccc43)cnc2n1. The van der Waals surface area contributed by atoms with Crippen molar-refractivity contribution in [3.05, 3.63) is 71.0 Å². The molecule has 0 atom stereocenters. The van der Waals surface area contributed by atoms with Gasteiger partial charge < -0.3 is 21.5 Å². The highest BCUT2D eigenvalue weighted by atomic mass is 16.4. The van der Waals surface area contributed by atoms with Crippen LogP contribution in [0.5, 0.6) is 0 Å². The van der Waals surface area contributed by atoms with E-state index in [2.05, 4.69) is 61.0 Å². The van der Waals surface area contributed by atoms with Gasteiger partial charge in [0.15, 0.2) is 17.0 Å². The summed E-state index contributed by atoms with van der Waals surface area (Å²) in [6.45, 7) is 0.425. The summed E-state index contributed by atoms with van der Waals surface area (Å²) >= 11 is 0. The second-order valence-corrected chi connectivity index (χ2v) is 8.27. The Balaban J connectivity index is 1.55. The predicted molar refractivity (Wildman–Crippen MR) is 140 cm³/mol. The van der Waals surface area contributed by atoms with Crippen LogP contribution in [-0.4, -0.2) is 31.0 Å². The van der Waals surface area contributed by atoms with Gasteiger partial charge in [-0.2, -0.15) is 9.97 Å². The zero-order valence-electron chi connectivity index (χ0n) is 19.3. The third-order valence-electron chi connectivity index (χ3n) is 5.77. The van der Waals surface area contributed by atoms with Crippen LogP contribution in [0.4, 0.5) is 23.1 Å². The number of carboxylic acid groups (broad SMARTS) is 1. The number of nitrogen functional groups attached to an aromatic ring is 2. The number of rotatable bonds is 5. The highest BCUT2D eigenvalue weighted by Crippen LogP contribution is 2.38. The molecule has 0 fully saturated rings. The molecule has 2 aromatic heterocycles. The monoisotopic (exact) mass is 477 g/mol. The molecule has 0 aliphatic carbocycles. The Bertz CT molecular complexity index is 1570. The highest BCUT2D eigenvalue weighted by molar-refractivity contribution is 5.90. The number of aliphatic carboxylic acids is 1. The minimum Gasteiger partial charge on any atom is -0.481 e. The molecule has 178 valence electrons. The van der Waals surface area contributed by atoms with Crippen LogP contribution in [-0.2, 0) is 11.3 Å². The zero-order chi connectivity index (χ0) is 25.1. The average molecular weight is 478 g/mol. The number of para-hydroxylation sites is 1. The van der Waals surface area contributed by atoms with Crippen molar-refractivity contribution < 1.29 is 9.90 Å². The molecule has 4 aromatic rings. The summed E-state index contributed by atoms with van der Waals surface area (Å²) in [5, 5.41) is 8.85. The lowest BCUT2D eigenvalue weighted by Gasteiger charge is -2.27. The molecule has 0 amide bonds. The molecule has 1 aliphatic rings. The second-order valence-electron chi connectivity index (χ2n) is 8.27. The molecule has 0 spiro atoms. The van der Waals surface area contributed by atoms with Crippen LogP contribution < -0.4 is 16.4 Å². The first-order chi connectivity index (χ1) is 17.5. The summed E-state index contributed by atoms with van der Waals surface area (Å²) in [6.07, 6.45) is 6.95. The highest BCUT2D eigenvalue weighted by Gasteiger charge is 2.21. The van der Waals surface area contributed by atoms with Crippen molar-refractivity contribution in [3.63, 3.8) is 0 Å². The van der Waals surface area contributed by atoms with Crippen molar-refractivity contribution >= 4 is 52.4 Å². The Hall–Kier alpha value is -4.97. The van der Waals surface area contributed by atoms with E-state index >= 15 is 0 Å². The van der Waals surface area contributed by atoms with E-state index in [4.69, 9.17) is 16.6 Å². The fourth-order valence-electron chi connectivity index (χ4n) is 4.13. The normalized spacial score (nSPS) is 11.8. The molecule has 9 heteroatoms. The average Bonchev–Trinajstić information content (AvgIpc) is 3.02. The van der Waals surface area contributed by atoms with Gasteiger partial charge in [0.25, 0.3) is 0 Å². The smallest absolute Gasteiger partial charge is 0.303 e. The molecule has 0 radical (unpaired) electrons. The summed E-state index contributed by atoms with van der Waals surface area (Å²) in [7, 11) is 0. The number of hydrogen-bond acceptors (Lipinski definition) is 8. The van der Waals surface area contributed by atoms with Crippen LogP contribution in [0.2, 0.25) is 0 Å². The number of aromatic nitrogens is 4. The van der Waals surface area contributed by atoms with Crippen molar-refractivity contribution in [2.24, 2.45) is 0 Å². The summed E-state index contributed by atoms with van der Waals surface area (Å²) in [4.78, 5) is 30.2. The lowest BCUT2D eigenvalue weighted by Crippen LogP contribution is -2.19. The van der Waals surface area contributed by atoms with E-state index in [9.17, 15) is 4.79 Å². The van der Waals surface area contributed by atoms with Crippen LogP contribution >= 0.6 is 0 Å². The Kier molecular flexibility index (Phi) is 6.16. The van der Waals surface area contributed by atoms with E-state index in [1.165, 1.54) is 0 Å². The van der Waals surface area contributed by atoms with Crippen molar-refractivity contribution in [1.82, 2.24) is 19.9 Å². The number of unbranched alkanes of at least 4 members (excludes halogenated alkanes) is 1. The van der Waals surface area contributed by atoms with Crippen molar-refractivity contribution in [2.75, 3.05) is 16.4 Å². The summed E-state index contributed by atoms with van der Waals surface area (Å²) in [5.74, 6) is 5.78. The Morgan fingerprint density at radius 1 is 1.00 bits per heavy atom. The molecule has 2 aromatic carbocycles. The largest absolute Gasteiger partial charge is 0.481 e. The first kappa shape index (κ1) is 22.8. The second kappa shape index (κ2) is 9.72. The summed E-state index contributed by atoms with van der Waals surface area (Å²) < 4.78 is 0. The van der Waals surface area contributed by atoms with Gasteiger partial charge in [-0.15, -0.1) is 0 Å². The molecular weight excluding hydrogens is 454 g/mol. The third kappa shape index (κ3) is 4.65. The molecule has 0 unspecified atom stereocenters. The van der Waals surface area contributed by atoms with Crippen LogP contribution in [0.25, 0.3) is 23.3 Å². The molecule has 0 saturated heterocycles. The van der Waals surface area contributed by atoms with Crippen molar-refractivity contribution in [3.8, 4) is 11.8 Å². The van der Waals surface area contributed by atoms with Gasteiger partial charge in [-0.1, -0.05) is 48.3 Å². The van der Waals surface area contributed by atoms with E-state index < -0.39 is 5.97 Å². The summed E-state index contributed by atoms with van der Waals surface area (Å²) in [6, 6.07) is 14.1. The maximum absolute atomic E-state index is 10.8. The molecule has 9 nitrogen and oxygen atoms in total. The van der Waals surface area contributed by atoms with Crippen LogP contribution in [0.15, 0.2) is 48.7 Å². The topological polar surface area (TPSA) is 144 Å². The quantitative estimate of drug-likeness (QED) is 0.287. The van der Waals surface area contributed by atoms with Gasteiger partial charge in [0.2, 0.25) is 5.95 Å². The number of carboxylic acids is 1. The maximum Gasteiger partial charge on any atom is 0.303 e. The van der Waals surface area contributed by atoms with Crippen LogP contribution in [0, 0.1) is 11.8 Å². The first-order valence-electron chi connectivity index (χ1n) is 11.4. The third-order valence-corrected chi connectivity index (χ3v) is 5.77. The first-order valence-corrected chi connectivity index (χ1v) is 11.4. The van der Waals surface area contributed by atoms with Gasteiger partial charge in [-0.25, -0.2) is 9.97 Å². The van der Waals surface area contributed by atoms with E-state index in [0.29, 0.717) is 36.2 Å². The standard InChI is InChI=1S/C27H23N7O2/c28-25-24-26(33-27(29)32-25)30-15-19(31-24)16-34-21-10-5-4-8-18(21)13-14-20-17(9-6-11-22(20)34)7-2-1-3-12-23(35)36/h4-6,8-11,13-15H,1,3,12,16H2,(H,35,36)(H4,28,29,30,32,33). The maximum atomic E-state index is 10.8. The van der Waals surface area contributed by atoms with Crippen LogP contribution in [0.3, 0.4) is 0 Å². The van der Waals surface area contributed by atoms with E-state index in [0.717, 1.165) is 28.1 Å². The Morgan fingerprint density at radius 3 is 2.69 bits per heavy atom. The minimum absolute atomic E-state index is 0.0556. The number of nitrogens with two attached hydrogens (primary N) is 2. The van der Waals surface area contributed by atoms with Crippen LogP contribution in [0.1, 0.15) is 41.6 Å². The molecule has 1 aliphatic heterocycles. The minimum atomic E-state index is -0.810. The van der Waals surface area contributed by atoms with E-state index in [1.807, 2.05) is 30.3 Å². The van der Waals surface area contributed by atoms with Crippen molar-refractivity contribution in [2.45, 2.75) is 25.8 Å². The molecule has 0 bridgehead atoms. The number of nitrogens with zero attached hydrogens (tertiary/aromatic N) is 5. The summed E-state index contributed by atoms with van der Waals surface area (Å²) in [5.41, 5.74) is 18.1. The Labute approximate surface area is 207 Å². The van der Waals surface area contributed by atoms with Crippen molar-refractivity contribution in [1.29, 1.82) is 0 Å². The zero-order valence-corrected chi connectivity index (χ0v) is 19.3. The lowest BCUT2D eigenvalue weighted by atomic mass is 10.0. The van der Waals surface area contributed by atoms with Gasteiger partial charge in [0.05, 0.1) is 24.1 Å². The number of benzene rings is 2. The molecule has 5 rings (SSSR count). The number of carbonyl (C=O) groups is 1. The molecule has 5 N–H and O–H groups in total. The Morgan fingerprint density at radius 2 is 1.83 bits per heavy atom. The van der Waals surface area contributed by atoms with Gasteiger partial charge in [-0.3, -0.25) is 4.79 Å².